The SMILES string of the molecule is CN(C)CCn1c(=O)c2cc(OC(=O)CCC3CCCC3)c(CO)cc2c2cnc3cc4c(cc3c21)OCO4. The number of hydrogen-bond donors (Lipinski definition) is 1. The molecule has 1 saturated carbocycles. The maximum Gasteiger partial charge on any atom is 0.311 e. The van der Waals surface area contributed by atoms with E-state index < -0.39 is 0 Å². The van der Waals surface area contributed by atoms with E-state index in [9.17, 15) is 14.7 Å². The molecule has 2 aliphatic rings. The normalized spacial score (nSPS) is 15.3. The fourth-order valence-corrected chi connectivity index (χ4v) is 5.85. The number of benzene rings is 2. The number of pyridine rings is 2. The molecule has 1 aliphatic carbocycles. The minimum Gasteiger partial charge on any atom is -0.454 e. The van der Waals surface area contributed by atoms with Crippen molar-refractivity contribution in [2.24, 2.45) is 5.92 Å². The summed E-state index contributed by atoms with van der Waals surface area (Å²) in [6, 6.07) is 7.05. The number of aromatic nitrogens is 2. The highest BCUT2D eigenvalue weighted by molar-refractivity contribution is 6.15. The third-order valence-corrected chi connectivity index (χ3v) is 7.97. The van der Waals surface area contributed by atoms with Gasteiger partial charge in [0.15, 0.2) is 11.5 Å². The molecule has 0 radical (unpaired) electrons. The van der Waals surface area contributed by atoms with E-state index >= 15 is 0 Å². The molecule has 1 aliphatic heterocycles. The highest BCUT2D eigenvalue weighted by Gasteiger charge is 2.22. The number of likely N-dealkylation sites (N-methyl/N-ethyl adjacent to an activating group) is 1. The second-order valence-electron chi connectivity index (χ2n) is 10.8. The first-order valence-corrected chi connectivity index (χ1v) is 13.6. The van der Waals surface area contributed by atoms with Crippen molar-refractivity contribution in [1.29, 1.82) is 0 Å². The van der Waals surface area contributed by atoms with E-state index in [1.54, 1.807) is 22.9 Å². The van der Waals surface area contributed by atoms with Gasteiger partial charge in [-0.2, -0.15) is 0 Å². The Morgan fingerprint density at radius 3 is 2.59 bits per heavy atom. The summed E-state index contributed by atoms with van der Waals surface area (Å²) in [6.07, 6.45) is 7.65. The number of aliphatic hydroxyl groups excluding tert-OH is 1. The summed E-state index contributed by atoms with van der Waals surface area (Å²) < 4.78 is 18.6. The summed E-state index contributed by atoms with van der Waals surface area (Å²) in [7, 11) is 3.92. The van der Waals surface area contributed by atoms with Gasteiger partial charge >= 0.3 is 5.97 Å². The van der Waals surface area contributed by atoms with Gasteiger partial charge in [-0.3, -0.25) is 14.6 Å². The van der Waals surface area contributed by atoms with Gasteiger partial charge in [-0.05, 0) is 50.0 Å². The Morgan fingerprint density at radius 1 is 1.08 bits per heavy atom. The van der Waals surface area contributed by atoms with Crippen LogP contribution in [0.4, 0.5) is 0 Å². The number of carbonyl (C=O) groups is 1. The molecule has 0 unspecified atom stereocenters. The van der Waals surface area contributed by atoms with Crippen LogP contribution < -0.4 is 19.8 Å². The highest BCUT2D eigenvalue weighted by atomic mass is 16.7. The van der Waals surface area contributed by atoms with E-state index in [4.69, 9.17) is 14.2 Å². The van der Waals surface area contributed by atoms with E-state index in [0.29, 0.717) is 58.8 Å². The van der Waals surface area contributed by atoms with Gasteiger partial charge in [-0.15, -0.1) is 0 Å². The molecular weight excluding hydrogens is 498 g/mol. The molecule has 2 aromatic carbocycles. The van der Waals surface area contributed by atoms with Gasteiger partial charge in [0, 0.05) is 48.1 Å². The Labute approximate surface area is 225 Å². The van der Waals surface area contributed by atoms with Gasteiger partial charge in [0.25, 0.3) is 5.56 Å². The number of ether oxygens (including phenoxy) is 3. The predicted octanol–water partition coefficient (Wildman–Crippen LogP) is 4.36. The second-order valence-corrected chi connectivity index (χ2v) is 10.8. The van der Waals surface area contributed by atoms with Crippen LogP contribution >= 0.6 is 0 Å². The second kappa shape index (κ2) is 10.5. The molecule has 9 heteroatoms. The Hall–Kier alpha value is -3.69. The molecular formula is C30H33N3O6. The number of aliphatic hydroxyl groups is 1. The zero-order chi connectivity index (χ0) is 27.1. The van der Waals surface area contributed by atoms with Crippen LogP contribution in [0.2, 0.25) is 0 Å². The zero-order valence-corrected chi connectivity index (χ0v) is 22.4. The van der Waals surface area contributed by atoms with Crippen LogP contribution in [0.25, 0.3) is 32.6 Å². The van der Waals surface area contributed by atoms with Crippen LogP contribution in [0.1, 0.15) is 44.1 Å². The molecule has 0 saturated heterocycles. The minimum atomic E-state index is -0.339. The topological polar surface area (TPSA) is 103 Å². The van der Waals surface area contributed by atoms with Crippen molar-refractivity contribution in [1.82, 2.24) is 14.5 Å². The number of nitrogens with zero attached hydrogens (tertiary/aromatic N) is 3. The van der Waals surface area contributed by atoms with Gasteiger partial charge in [0.2, 0.25) is 6.79 Å². The Kier molecular flexibility index (Phi) is 6.86. The molecule has 2 aromatic heterocycles. The first-order chi connectivity index (χ1) is 18.9. The first kappa shape index (κ1) is 25.6. The molecule has 0 atom stereocenters. The molecule has 1 N–H and O–H groups in total. The molecule has 39 heavy (non-hydrogen) atoms. The summed E-state index contributed by atoms with van der Waals surface area (Å²) >= 11 is 0. The van der Waals surface area contributed by atoms with E-state index in [1.807, 2.05) is 31.1 Å². The highest BCUT2D eigenvalue weighted by Crippen LogP contribution is 2.39. The zero-order valence-electron chi connectivity index (χ0n) is 22.4. The number of esters is 1. The lowest BCUT2D eigenvalue weighted by Gasteiger charge is -2.18. The molecule has 3 heterocycles. The molecule has 6 rings (SSSR count). The lowest BCUT2D eigenvalue weighted by Crippen LogP contribution is -2.27. The predicted molar refractivity (Wildman–Crippen MR) is 148 cm³/mol. The molecule has 4 aromatic rings. The third-order valence-electron chi connectivity index (χ3n) is 7.97. The number of hydrogen-bond acceptors (Lipinski definition) is 8. The van der Waals surface area contributed by atoms with Crippen LogP contribution in [-0.4, -0.2) is 53.0 Å². The largest absolute Gasteiger partial charge is 0.454 e. The number of carbonyl (C=O) groups excluding carboxylic acids is 1. The van der Waals surface area contributed by atoms with E-state index in [-0.39, 0.29) is 30.7 Å². The molecule has 1 fully saturated rings. The summed E-state index contributed by atoms with van der Waals surface area (Å²) in [5.41, 5.74) is 1.69. The van der Waals surface area contributed by atoms with Crippen LogP contribution in [-0.2, 0) is 17.9 Å². The van der Waals surface area contributed by atoms with Gasteiger partial charge in [-0.1, -0.05) is 25.7 Å². The van der Waals surface area contributed by atoms with Crippen molar-refractivity contribution in [3.63, 3.8) is 0 Å². The Balaban J connectivity index is 1.50. The molecule has 0 bridgehead atoms. The lowest BCUT2D eigenvalue weighted by atomic mass is 10.0. The van der Waals surface area contributed by atoms with Crippen molar-refractivity contribution in [3.8, 4) is 17.2 Å². The number of rotatable bonds is 8. The molecule has 0 amide bonds. The fourth-order valence-electron chi connectivity index (χ4n) is 5.85. The summed E-state index contributed by atoms with van der Waals surface area (Å²) in [6.45, 7) is 0.907. The number of fused-ring (bicyclic) bond motifs is 6. The third kappa shape index (κ3) is 4.81. The van der Waals surface area contributed by atoms with E-state index in [1.165, 1.54) is 12.8 Å². The smallest absolute Gasteiger partial charge is 0.311 e. The van der Waals surface area contributed by atoms with E-state index in [0.717, 1.165) is 35.6 Å². The molecule has 204 valence electrons. The maximum atomic E-state index is 14.0. The Morgan fingerprint density at radius 2 is 1.85 bits per heavy atom. The molecule has 0 spiro atoms. The summed E-state index contributed by atoms with van der Waals surface area (Å²) in [4.78, 5) is 33.5. The molecule has 9 nitrogen and oxygen atoms in total. The van der Waals surface area contributed by atoms with Gasteiger partial charge in [0.1, 0.15) is 5.75 Å². The monoisotopic (exact) mass is 531 g/mol. The average Bonchev–Trinajstić information content (AvgIpc) is 3.62. The Bertz CT molecular complexity index is 1640. The lowest BCUT2D eigenvalue weighted by molar-refractivity contribution is -0.134. The van der Waals surface area contributed by atoms with Crippen molar-refractivity contribution in [3.05, 3.63) is 46.4 Å². The average molecular weight is 532 g/mol. The van der Waals surface area contributed by atoms with Crippen molar-refractivity contribution >= 4 is 38.5 Å². The fraction of sp³-hybridized carbons (Fsp3) is 0.433. The first-order valence-electron chi connectivity index (χ1n) is 13.6. The van der Waals surface area contributed by atoms with Gasteiger partial charge in [-0.25, -0.2) is 0 Å². The van der Waals surface area contributed by atoms with Crippen molar-refractivity contribution in [2.75, 3.05) is 27.4 Å². The van der Waals surface area contributed by atoms with Crippen LogP contribution in [0.15, 0.2) is 35.3 Å². The van der Waals surface area contributed by atoms with Crippen molar-refractivity contribution < 1.29 is 24.1 Å². The van der Waals surface area contributed by atoms with Gasteiger partial charge in [0.05, 0.1) is 23.0 Å². The van der Waals surface area contributed by atoms with Gasteiger partial charge < -0.3 is 28.8 Å². The van der Waals surface area contributed by atoms with Crippen LogP contribution in [0.5, 0.6) is 17.2 Å². The summed E-state index contributed by atoms with van der Waals surface area (Å²) in [5, 5.41) is 12.8. The van der Waals surface area contributed by atoms with Crippen LogP contribution in [0, 0.1) is 5.92 Å². The van der Waals surface area contributed by atoms with E-state index in [2.05, 4.69) is 4.98 Å². The van der Waals surface area contributed by atoms with Crippen molar-refractivity contribution in [2.45, 2.75) is 51.7 Å². The minimum absolute atomic E-state index is 0.141. The standard InChI is InChI=1S/C30H33N3O6/c1-32(2)9-10-33-29-22-13-26-27(38-17-37-26)14-24(22)31-15-23(29)20-11-19(16-34)25(12-21(20)30(33)36)39-28(35)8-7-18-5-3-4-6-18/h11-15,18,34H,3-10,16-17H2,1-2H3. The quantitative estimate of drug-likeness (QED) is 0.203. The van der Waals surface area contributed by atoms with Crippen LogP contribution in [0.3, 0.4) is 0 Å². The summed E-state index contributed by atoms with van der Waals surface area (Å²) in [5.74, 6) is 1.70. The maximum absolute atomic E-state index is 14.0.